The van der Waals surface area contributed by atoms with Gasteiger partial charge >= 0.3 is 0 Å². The van der Waals surface area contributed by atoms with Gasteiger partial charge in [0, 0.05) is 14.1 Å². The number of rotatable bonds is 5. The number of hydrogen-bond acceptors (Lipinski definition) is 4. The van der Waals surface area contributed by atoms with E-state index in [1.807, 2.05) is 20.8 Å². The van der Waals surface area contributed by atoms with E-state index < -0.39 is 20.0 Å². The third kappa shape index (κ3) is 4.82. The lowest BCUT2D eigenvalue weighted by Crippen LogP contribution is -2.22. The van der Waals surface area contributed by atoms with Crippen LogP contribution >= 0.6 is 11.6 Å². The van der Waals surface area contributed by atoms with Crippen molar-refractivity contribution >= 4 is 37.3 Å². The van der Waals surface area contributed by atoms with Gasteiger partial charge in [-0.05, 0) is 41.3 Å². The number of anilines is 1. The Balaban J connectivity index is 2.41. The zero-order valence-corrected chi connectivity index (χ0v) is 18.2. The van der Waals surface area contributed by atoms with Crippen molar-refractivity contribution in [3.63, 3.8) is 0 Å². The van der Waals surface area contributed by atoms with E-state index in [1.54, 1.807) is 12.1 Å². The Hall–Kier alpha value is -1.61. The molecule has 2 rings (SSSR count). The highest BCUT2D eigenvalue weighted by atomic mass is 35.5. The molecule has 148 valence electrons. The Morgan fingerprint density at radius 3 is 1.89 bits per heavy atom. The largest absolute Gasteiger partial charge is 0.278 e. The van der Waals surface area contributed by atoms with Gasteiger partial charge in [0.25, 0.3) is 10.0 Å². The third-order valence-electron chi connectivity index (χ3n) is 3.99. The molecule has 0 atom stereocenters. The molecule has 1 N–H and O–H groups in total. The summed E-state index contributed by atoms with van der Waals surface area (Å²) in [5.41, 5.74) is 0.895. The minimum absolute atomic E-state index is 0.000473. The highest BCUT2D eigenvalue weighted by molar-refractivity contribution is 7.92. The second-order valence-electron chi connectivity index (χ2n) is 7.31. The summed E-state index contributed by atoms with van der Waals surface area (Å²) in [4.78, 5) is 0.00474. The van der Waals surface area contributed by atoms with Crippen LogP contribution in [0.3, 0.4) is 0 Å². The lowest BCUT2D eigenvalue weighted by Gasteiger charge is -2.19. The molecule has 0 heterocycles. The van der Waals surface area contributed by atoms with Gasteiger partial charge in [0.15, 0.2) is 0 Å². The van der Waals surface area contributed by atoms with Crippen molar-refractivity contribution in [2.75, 3.05) is 18.8 Å². The Kier molecular flexibility index (Phi) is 5.96. The van der Waals surface area contributed by atoms with Crippen LogP contribution in [0.15, 0.2) is 52.3 Å². The number of nitrogens with one attached hydrogen (secondary N) is 1. The summed E-state index contributed by atoms with van der Waals surface area (Å²) in [5.74, 6) is 0. The first kappa shape index (κ1) is 21.7. The van der Waals surface area contributed by atoms with Crippen LogP contribution in [-0.4, -0.2) is 35.2 Å². The van der Waals surface area contributed by atoms with Gasteiger partial charge in [0.2, 0.25) is 10.0 Å². The van der Waals surface area contributed by atoms with Crippen LogP contribution in [0.4, 0.5) is 5.69 Å². The summed E-state index contributed by atoms with van der Waals surface area (Å²) < 4.78 is 53.3. The topological polar surface area (TPSA) is 83.6 Å². The van der Waals surface area contributed by atoms with Gasteiger partial charge in [0.05, 0.1) is 20.5 Å². The Bertz CT molecular complexity index is 1040. The van der Waals surface area contributed by atoms with Gasteiger partial charge < -0.3 is 0 Å². The van der Waals surface area contributed by atoms with Gasteiger partial charge in [-0.25, -0.2) is 21.1 Å². The van der Waals surface area contributed by atoms with Crippen molar-refractivity contribution < 1.29 is 16.8 Å². The molecule has 9 heteroatoms. The van der Waals surface area contributed by atoms with E-state index in [-0.39, 0.29) is 25.9 Å². The van der Waals surface area contributed by atoms with Crippen LogP contribution in [-0.2, 0) is 25.5 Å². The quantitative estimate of drug-likeness (QED) is 0.784. The molecule has 6 nitrogen and oxygen atoms in total. The smallest absolute Gasteiger partial charge is 0.261 e. The van der Waals surface area contributed by atoms with Crippen molar-refractivity contribution in [2.45, 2.75) is 36.0 Å². The molecule has 0 aliphatic carbocycles. The molecule has 27 heavy (non-hydrogen) atoms. The first-order valence-electron chi connectivity index (χ1n) is 8.10. The van der Waals surface area contributed by atoms with E-state index in [9.17, 15) is 16.8 Å². The molecule has 0 saturated carbocycles. The van der Waals surface area contributed by atoms with Crippen LogP contribution in [0.2, 0.25) is 5.02 Å². The van der Waals surface area contributed by atoms with Crippen molar-refractivity contribution in [1.82, 2.24) is 4.31 Å². The van der Waals surface area contributed by atoms with Gasteiger partial charge in [-0.3, -0.25) is 4.72 Å². The monoisotopic (exact) mass is 430 g/mol. The molecule has 2 aromatic rings. The number of sulfonamides is 2. The molecule has 0 spiro atoms. The van der Waals surface area contributed by atoms with Crippen molar-refractivity contribution in [1.29, 1.82) is 0 Å². The average Bonchev–Trinajstić information content (AvgIpc) is 2.55. The first-order chi connectivity index (χ1) is 12.2. The van der Waals surface area contributed by atoms with Crippen molar-refractivity contribution in [2.24, 2.45) is 0 Å². The first-order valence-corrected chi connectivity index (χ1v) is 11.4. The normalized spacial score (nSPS) is 13.0. The molecule has 0 unspecified atom stereocenters. The average molecular weight is 431 g/mol. The van der Waals surface area contributed by atoms with E-state index in [1.165, 1.54) is 44.4 Å². The number of nitrogens with zero attached hydrogens (tertiary/aromatic N) is 1. The molecule has 0 fully saturated rings. The zero-order chi connectivity index (χ0) is 20.6. The van der Waals surface area contributed by atoms with Gasteiger partial charge in [-0.2, -0.15) is 0 Å². The summed E-state index contributed by atoms with van der Waals surface area (Å²) in [6, 6.07) is 10.4. The third-order valence-corrected chi connectivity index (χ3v) is 7.51. The molecular weight excluding hydrogens is 408 g/mol. The molecule has 2 aromatic carbocycles. The minimum atomic E-state index is -3.92. The maximum absolute atomic E-state index is 12.7. The van der Waals surface area contributed by atoms with Gasteiger partial charge in [-0.15, -0.1) is 0 Å². The number of halogens is 1. The van der Waals surface area contributed by atoms with Gasteiger partial charge in [-0.1, -0.05) is 44.5 Å². The van der Waals surface area contributed by atoms with E-state index in [2.05, 4.69) is 4.72 Å². The zero-order valence-electron chi connectivity index (χ0n) is 15.8. The number of hydrogen-bond donors (Lipinski definition) is 1. The second kappa shape index (κ2) is 7.43. The van der Waals surface area contributed by atoms with Crippen LogP contribution in [0.5, 0.6) is 0 Å². The summed E-state index contributed by atoms with van der Waals surface area (Å²) in [5, 5.41) is 0.0996. The maximum Gasteiger partial charge on any atom is 0.261 e. The predicted octanol–water partition coefficient (Wildman–Crippen LogP) is 3.69. The molecule has 0 amide bonds. The van der Waals surface area contributed by atoms with Crippen LogP contribution in [0.1, 0.15) is 26.3 Å². The minimum Gasteiger partial charge on any atom is -0.278 e. The molecule has 0 aromatic heterocycles. The summed E-state index contributed by atoms with van der Waals surface area (Å²) in [6.07, 6.45) is 0. The lowest BCUT2D eigenvalue weighted by atomic mass is 9.87. The van der Waals surface area contributed by atoms with Crippen molar-refractivity contribution in [3.05, 3.63) is 53.1 Å². The molecule has 0 aliphatic rings. The Morgan fingerprint density at radius 2 is 1.41 bits per heavy atom. The van der Waals surface area contributed by atoms with Crippen LogP contribution < -0.4 is 4.72 Å². The fraction of sp³-hybridized carbons (Fsp3) is 0.333. The Labute approximate surface area is 166 Å². The fourth-order valence-corrected chi connectivity index (χ4v) is 4.51. The molecule has 0 radical (unpaired) electrons. The summed E-state index contributed by atoms with van der Waals surface area (Å²) >= 11 is 6.07. The second-order valence-corrected chi connectivity index (χ2v) is 11.6. The van der Waals surface area contributed by atoms with E-state index in [0.717, 1.165) is 9.87 Å². The fourth-order valence-electron chi connectivity index (χ4n) is 2.29. The van der Waals surface area contributed by atoms with E-state index in [4.69, 9.17) is 11.6 Å². The highest BCUT2D eigenvalue weighted by Gasteiger charge is 2.22. The standard InChI is InChI=1S/C18H23ClN2O4S2/c1-18(2,3)13-6-8-14(9-7-13)26(22,23)20-17-12-15(10-11-16(17)19)27(24,25)21(4)5/h6-12,20H,1-5H3. The lowest BCUT2D eigenvalue weighted by molar-refractivity contribution is 0.521. The predicted molar refractivity (Wildman–Crippen MR) is 108 cm³/mol. The molecule has 0 aliphatic heterocycles. The van der Waals surface area contributed by atoms with Crippen LogP contribution in [0.25, 0.3) is 0 Å². The molecule has 0 saturated heterocycles. The Morgan fingerprint density at radius 1 is 0.889 bits per heavy atom. The van der Waals surface area contributed by atoms with E-state index >= 15 is 0 Å². The molecular formula is C18H23ClN2O4S2. The highest BCUT2D eigenvalue weighted by Crippen LogP contribution is 2.29. The SMILES string of the molecule is CN(C)S(=O)(=O)c1ccc(Cl)c(NS(=O)(=O)c2ccc(C(C)(C)C)cc2)c1. The maximum atomic E-state index is 12.7. The van der Waals surface area contributed by atoms with Crippen molar-refractivity contribution in [3.8, 4) is 0 Å². The summed E-state index contributed by atoms with van der Waals surface area (Å²) in [7, 11) is -4.86. The van der Waals surface area contributed by atoms with Crippen LogP contribution in [0, 0.1) is 0 Å². The number of benzene rings is 2. The summed E-state index contributed by atoms with van der Waals surface area (Å²) in [6.45, 7) is 6.10. The molecule has 0 bridgehead atoms. The van der Waals surface area contributed by atoms with Gasteiger partial charge in [0.1, 0.15) is 0 Å². The van der Waals surface area contributed by atoms with E-state index in [0.29, 0.717) is 0 Å².